The first kappa shape index (κ1) is 14.4. The van der Waals surface area contributed by atoms with Gasteiger partial charge in [-0.05, 0) is 24.6 Å². The average Bonchev–Trinajstić information content (AvgIpc) is 2.35. The number of amides is 2. The van der Waals surface area contributed by atoms with E-state index in [0.29, 0.717) is 22.8 Å². The number of carbonyl (C=O) groups excluding carboxylic acids is 1. The minimum absolute atomic E-state index is 0.232. The zero-order valence-corrected chi connectivity index (χ0v) is 10.8. The van der Waals surface area contributed by atoms with E-state index in [2.05, 4.69) is 22.5 Å². The van der Waals surface area contributed by atoms with Crippen LogP contribution in [0, 0.1) is 11.8 Å². The van der Waals surface area contributed by atoms with Crippen LogP contribution >= 0.6 is 11.6 Å². The van der Waals surface area contributed by atoms with Crippen molar-refractivity contribution < 1.29 is 9.90 Å². The van der Waals surface area contributed by atoms with Gasteiger partial charge in [0.15, 0.2) is 0 Å². The summed E-state index contributed by atoms with van der Waals surface area (Å²) in [5, 5.41) is 14.6. The van der Waals surface area contributed by atoms with Gasteiger partial charge in [-0.25, -0.2) is 4.79 Å². The number of anilines is 1. The van der Waals surface area contributed by atoms with Gasteiger partial charge in [0.2, 0.25) is 0 Å². The Kier molecular flexibility index (Phi) is 6.06. The molecule has 0 aliphatic heterocycles. The lowest BCUT2D eigenvalue weighted by atomic mass is 10.2. The first-order chi connectivity index (χ1) is 8.67. The summed E-state index contributed by atoms with van der Waals surface area (Å²) in [5.74, 6) is 5.28. The number of rotatable bonds is 3. The van der Waals surface area contributed by atoms with Gasteiger partial charge in [0.1, 0.15) is 6.61 Å². The van der Waals surface area contributed by atoms with Crippen LogP contribution in [0.3, 0.4) is 0 Å². The van der Waals surface area contributed by atoms with E-state index < -0.39 is 0 Å². The predicted octanol–water partition coefficient (Wildman–Crippen LogP) is 2.22. The summed E-state index contributed by atoms with van der Waals surface area (Å²) in [6.07, 6.45) is 0.861. The summed E-state index contributed by atoms with van der Waals surface area (Å²) < 4.78 is 0. The largest absolute Gasteiger partial charge is 0.384 e. The standard InChI is InChI=1S/C13H15ClN2O2/c1-2-7-15-13(18)16-12-9-11(14)6-5-10(12)4-3-8-17/h5-6,9,17H,2,7-8H2,1H3,(H2,15,16,18). The molecule has 0 saturated carbocycles. The molecule has 1 aromatic rings. The number of aliphatic hydroxyl groups excluding tert-OH is 1. The Labute approximate surface area is 111 Å². The summed E-state index contributed by atoms with van der Waals surface area (Å²) in [6.45, 7) is 2.34. The van der Waals surface area contributed by atoms with Gasteiger partial charge in [-0.1, -0.05) is 30.4 Å². The van der Waals surface area contributed by atoms with Crippen molar-refractivity contribution in [2.24, 2.45) is 0 Å². The third-order valence-electron chi connectivity index (χ3n) is 2.07. The van der Waals surface area contributed by atoms with Crippen LogP contribution in [0.4, 0.5) is 10.5 Å². The van der Waals surface area contributed by atoms with Crippen LogP contribution in [0.1, 0.15) is 18.9 Å². The SMILES string of the molecule is CCCNC(=O)Nc1cc(Cl)ccc1C#CCO. The molecule has 5 heteroatoms. The zero-order valence-electron chi connectivity index (χ0n) is 10.1. The average molecular weight is 267 g/mol. The molecule has 0 aliphatic carbocycles. The molecule has 0 aromatic heterocycles. The van der Waals surface area contributed by atoms with Crippen molar-refractivity contribution >= 4 is 23.3 Å². The first-order valence-electron chi connectivity index (χ1n) is 5.61. The van der Waals surface area contributed by atoms with E-state index in [9.17, 15) is 4.79 Å². The fraction of sp³-hybridized carbons (Fsp3) is 0.308. The van der Waals surface area contributed by atoms with Crippen LogP contribution < -0.4 is 10.6 Å². The Morgan fingerprint density at radius 2 is 2.28 bits per heavy atom. The number of benzene rings is 1. The van der Waals surface area contributed by atoms with Crippen LogP contribution in [0.25, 0.3) is 0 Å². The molecule has 96 valence electrons. The third-order valence-corrected chi connectivity index (χ3v) is 2.30. The van der Waals surface area contributed by atoms with Crippen molar-refractivity contribution in [2.75, 3.05) is 18.5 Å². The van der Waals surface area contributed by atoms with E-state index >= 15 is 0 Å². The number of hydrogen-bond donors (Lipinski definition) is 3. The van der Waals surface area contributed by atoms with Gasteiger partial charge in [-0.3, -0.25) is 0 Å². The maximum absolute atomic E-state index is 11.5. The summed E-state index contributed by atoms with van der Waals surface area (Å²) >= 11 is 5.87. The highest BCUT2D eigenvalue weighted by Crippen LogP contribution is 2.20. The summed E-state index contributed by atoms with van der Waals surface area (Å²) in [7, 11) is 0. The second-order valence-electron chi connectivity index (χ2n) is 3.53. The molecule has 0 aliphatic rings. The van der Waals surface area contributed by atoms with Crippen LogP contribution in [-0.4, -0.2) is 24.3 Å². The minimum atomic E-state index is -0.300. The number of hydrogen-bond acceptors (Lipinski definition) is 2. The summed E-state index contributed by atoms with van der Waals surface area (Å²) in [4.78, 5) is 11.5. The molecule has 0 saturated heterocycles. The first-order valence-corrected chi connectivity index (χ1v) is 5.99. The fourth-order valence-electron chi connectivity index (χ4n) is 1.27. The maximum atomic E-state index is 11.5. The smallest absolute Gasteiger partial charge is 0.319 e. The Morgan fingerprint density at radius 3 is 2.94 bits per heavy atom. The van der Waals surface area contributed by atoms with Gasteiger partial charge in [-0.15, -0.1) is 0 Å². The van der Waals surface area contributed by atoms with Crippen molar-refractivity contribution in [3.05, 3.63) is 28.8 Å². The van der Waals surface area contributed by atoms with E-state index in [0.717, 1.165) is 6.42 Å². The molecule has 0 spiro atoms. The number of halogens is 1. The third kappa shape index (κ3) is 4.66. The number of urea groups is 1. The Hall–Kier alpha value is -1.70. The van der Waals surface area contributed by atoms with Crippen molar-refractivity contribution in [1.29, 1.82) is 0 Å². The zero-order chi connectivity index (χ0) is 13.4. The Morgan fingerprint density at radius 1 is 1.50 bits per heavy atom. The Balaban J connectivity index is 2.85. The van der Waals surface area contributed by atoms with Gasteiger partial charge in [-0.2, -0.15) is 0 Å². The molecule has 0 fully saturated rings. The van der Waals surface area contributed by atoms with Gasteiger partial charge in [0.05, 0.1) is 5.69 Å². The minimum Gasteiger partial charge on any atom is -0.384 e. The fourth-order valence-corrected chi connectivity index (χ4v) is 1.44. The second-order valence-corrected chi connectivity index (χ2v) is 3.97. The molecular formula is C13H15ClN2O2. The van der Waals surface area contributed by atoms with Crippen molar-refractivity contribution in [1.82, 2.24) is 5.32 Å². The molecule has 1 rings (SSSR count). The Bertz CT molecular complexity index is 478. The van der Waals surface area contributed by atoms with Crippen LogP contribution in [0.2, 0.25) is 5.02 Å². The highest BCUT2D eigenvalue weighted by atomic mass is 35.5. The van der Waals surface area contributed by atoms with E-state index in [1.165, 1.54) is 0 Å². The predicted molar refractivity (Wildman–Crippen MR) is 72.7 cm³/mol. The van der Waals surface area contributed by atoms with Gasteiger partial charge >= 0.3 is 6.03 Å². The molecule has 2 amide bonds. The second kappa shape index (κ2) is 7.59. The molecule has 0 radical (unpaired) electrons. The van der Waals surface area contributed by atoms with Gasteiger partial charge in [0, 0.05) is 17.1 Å². The lowest BCUT2D eigenvalue weighted by Crippen LogP contribution is -2.29. The van der Waals surface area contributed by atoms with E-state index in [1.807, 2.05) is 6.92 Å². The molecular weight excluding hydrogens is 252 g/mol. The lowest BCUT2D eigenvalue weighted by Gasteiger charge is -2.09. The van der Waals surface area contributed by atoms with Gasteiger partial charge in [0.25, 0.3) is 0 Å². The molecule has 3 N–H and O–H groups in total. The van der Waals surface area contributed by atoms with Crippen LogP contribution in [-0.2, 0) is 0 Å². The summed E-state index contributed by atoms with van der Waals surface area (Å²) in [6, 6.07) is 4.69. The monoisotopic (exact) mass is 266 g/mol. The molecule has 0 atom stereocenters. The summed E-state index contributed by atoms with van der Waals surface area (Å²) in [5.41, 5.74) is 1.14. The normalized spacial score (nSPS) is 9.28. The number of nitrogens with one attached hydrogen (secondary N) is 2. The molecule has 18 heavy (non-hydrogen) atoms. The molecule has 1 aromatic carbocycles. The van der Waals surface area contributed by atoms with Crippen molar-refractivity contribution in [3.63, 3.8) is 0 Å². The van der Waals surface area contributed by atoms with Crippen LogP contribution in [0.15, 0.2) is 18.2 Å². The van der Waals surface area contributed by atoms with E-state index in [4.69, 9.17) is 16.7 Å². The highest BCUT2D eigenvalue weighted by molar-refractivity contribution is 6.31. The van der Waals surface area contributed by atoms with Crippen molar-refractivity contribution in [2.45, 2.75) is 13.3 Å². The van der Waals surface area contributed by atoms with Crippen LogP contribution in [0.5, 0.6) is 0 Å². The molecule has 4 nitrogen and oxygen atoms in total. The van der Waals surface area contributed by atoms with Crippen molar-refractivity contribution in [3.8, 4) is 11.8 Å². The van der Waals surface area contributed by atoms with E-state index in [-0.39, 0.29) is 12.6 Å². The number of aliphatic hydroxyl groups is 1. The topological polar surface area (TPSA) is 61.4 Å². The molecule has 0 heterocycles. The van der Waals surface area contributed by atoms with E-state index in [1.54, 1.807) is 18.2 Å². The lowest BCUT2D eigenvalue weighted by molar-refractivity contribution is 0.252. The molecule has 0 unspecified atom stereocenters. The number of carbonyl (C=O) groups is 1. The van der Waals surface area contributed by atoms with Gasteiger partial charge < -0.3 is 15.7 Å². The molecule has 0 bridgehead atoms. The highest BCUT2D eigenvalue weighted by Gasteiger charge is 2.05. The maximum Gasteiger partial charge on any atom is 0.319 e. The quantitative estimate of drug-likeness (QED) is 0.735.